The Morgan fingerprint density at radius 3 is 2.39 bits per heavy atom. The van der Waals surface area contributed by atoms with Crippen LogP contribution in [0.3, 0.4) is 0 Å². The van der Waals surface area contributed by atoms with Gasteiger partial charge in [0.1, 0.15) is 0 Å². The number of likely N-dealkylation sites (N-methyl/N-ethyl adjacent to an activating group) is 1. The van der Waals surface area contributed by atoms with Crippen molar-refractivity contribution >= 4 is 7.67 Å². The number of ether oxygens (including phenoxy) is 3. The Bertz CT molecular complexity index is 410. The number of nitrogens with zero attached hydrogens (tertiary/aromatic N) is 3. The zero-order valence-electron chi connectivity index (χ0n) is 14.6. The quantitative estimate of drug-likeness (QED) is 0.609. The van der Waals surface area contributed by atoms with Crippen LogP contribution in [-0.4, -0.2) is 107 Å². The lowest BCUT2D eigenvalue weighted by Gasteiger charge is -2.40. The summed E-state index contributed by atoms with van der Waals surface area (Å²) >= 11 is 0. The molecule has 0 amide bonds. The molecule has 0 aromatic carbocycles. The van der Waals surface area contributed by atoms with E-state index in [1.807, 2.05) is 4.67 Å². The summed E-state index contributed by atoms with van der Waals surface area (Å²) in [6.45, 7) is 4.86. The molecule has 0 aliphatic carbocycles. The minimum absolute atomic E-state index is 0.0437. The molecule has 2 saturated heterocycles. The Labute approximate surface area is 139 Å². The van der Waals surface area contributed by atoms with E-state index in [2.05, 4.69) is 11.9 Å². The number of morpholine rings is 2. The van der Waals surface area contributed by atoms with Crippen LogP contribution in [0.2, 0.25) is 0 Å². The van der Waals surface area contributed by atoms with Gasteiger partial charge >= 0.3 is 7.67 Å². The summed E-state index contributed by atoms with van der Waals surface area (Å²) in [5.74, 6) is 0. The molecule has 136 valence electrons. The number of rotatable bonds is 7. The Morgan fingerprint density at radius 1 is 1.13 bits per heavy atom. The molecule has 8 nitrogen and oxygen atoms in total. The maximum absolute atomic E-state index is 13.4. The van der Waals surface area contributed by atoms with Crippen molar-refractivity contribution in [2.24, 2.45) is 0 Å². The van der Waals surface area contributed by atoms with Gasteiger partial charge in [-0.2, -0.15) is 0 Å². The molecule has 2 rings (SSSR count). The fourth-order valence-corrected chi connectivity index (χ4v) is 4.80. The highest BCUT2D eigenvalue weighted by atomic mass is 31.2. The molecular formula is C14H30N3O5P. The largest absolute Gasteiger partial charge is 0.382 e. The highest BCUT2D eigenvalue weighted by Crippen LogP contribution is 2.53. The summed E-state index contributed by atoms with van der Waals surface area (Å²) in [5.41, 5.74) is 0. The Morgan fingerprint density at radius 2 is 1.78 bits per heavy atom. The van der Waals surface area contributed by atoms with Crippen molar-refractivity contribution in [3.8, 4) is 0 Å². The van der Waals surface area contributed by atoms with Gasteiger partial charge in [0.05, 0.1) is 38.6 Å². The van der Waals surface area contributed by atoms with Crippen molar-refractivity contribution in [1.82, 2.24) is 14.2 Å². The van der Waals surface area contributed by atoms with Gasteiger partial charge in [0.15, 0.2) is 0 Å². The summed E-state index contributed by atoms with van der Waals surface area (Å²) < 4.78 is 39.4. The standard InChI is InChI=1S/C14H30N3O5P/c1-15(2)23(18,17-6-8-21-14(10-17)11-19-4)22-12-13-9-16(3)5-7-20-13/h13-14H,5-12H2,1-4H3. The van der Waals surface area contributed by atoms with Crippen LogP contribution in [0.15, 0.2) is 0 Å². The van der Waals surface area contributed by atoms with Crippen LogP contribution in [0.25, 0.3) is 0 Å². The molecule has 0 N–H and O–H groups in total. The Hall–Kier alpha value is -0.0500. The SMILES string of the molecule is COCC1CN(P(=O)(OCC2CN(C)CCO2)N(C)C)CCO1. The minimum Gasteiger partial charge on any atom is -0.382 e. The molecule has 2 heterocycles. The first-order chi connectivity index (χ1) is 11.0. The van der Waals surface area contributed by atoms with E-state index in [0.717, 1.165) is 13.1 Å². The van der Waals surface area contributed by atoms with Crippen LogP contribution < -0.4 is 0 Å². The summed E-state index contributed by atoms with van der Waals surface area (Å²) in [7, 11) is 4.19. The third-order valence-electron chi connectivity index (χ3n) is 4.10. The van der Waals surface area contributed by atoms with Crippen molar-refractivity contribution in [3.63, 3.8) is 0 Å². The third-order valence-corrected chi connectivity index (χ3v) is 6.68. The van der Waals surface area contributed by atoms with Gasteiger partial charge in [0.25, 0.3) is 0 Å². The molecule has 0 aromatic heterocycles. The normalized spacial score (nSPS) is 30.5. The molecule has 0 radical (unpaired) electrons. The minimum atomic E-state index is -3.08. The second-order valence-electron chi connectivity index (χ2n) is 6.25. The number of hydrogen-bond donors (Lipinski definition) is 0. The highest BCUT2D eigenvalue weighted by Gasteiger charge is 2.39. The lowest BCUT2D eigenvalue weighted by molar-refractivity contribution is -0.0553. The van der Waals surface area contributed by atoms with E-state index in [1.165, 1.54) is 0 Å². The average Bonchev–Trinajstić information content (AvgIpc) is 2.53. The van der Waals surface area contributed by atoms with Gasteiger partial charge in [-0.3, -0.25) is 4.57 Å². The van der Waals surface area contributed by atoms with E-state index in [0.29, 0.717) is 39.5 Å². The van der Waals surface area contributed by atoms with E-state index >= 15 is 0 Å². The topological polar surface area (TPSA) is 63.7 Å². The van der Waals surface area contributed by atoms with Gasteiger partial charge in [-0.05, 0) is 21.1 Å². The van der Waals surface area contributed by atoms with Gasteiger partial charge in [0.2, 0.25) is 0 Å². The molecule has 3 atom stereocenters. The second-order valence-corrected chi connectivity index (χ2v) is 8.85. The van der Waals surface area contributed by atoms with E-state index in [4.69, 9.17) is 18.7 Å². The Kier molecular flexibility index (Phi) is 7.44. The van der Waals surface area contributed by atoms with Gasteiger partial charge in [-0.25, -0.2) is 9.34 Å². The smallest absolute Gasteiger partial charge is 0.345 e. The van der Waals surface area contributed by atoms with Crippen LogP contribution in [0, 0.1) is 0 Å². The molecule has 0 saturated carbocycles. The van der Waals surface area contributed by atoms with Crippen LogP contribution >= 0.6 is 7.67 Å². The zero-order chi connectivity index (χ0) is 16.9. The van der Waals surface area contributed by atoms with E-state index in [1.54, 1.807) is 25.9 Å². The first-order valence-electron chi connectivity index (χ1n) is 8.04. The van der Waals surface area contributed by atoms with Gasteiger partial charge in [-0.1, -0.05) is 0 Å². The predicted octanol–water partition coefficient (Wildman–Crippen LogP) is 0.351. The average molecular weight is 351 g/mol. The molecule has 0 spiro atoms. The predicted molar refractivity (Wildman–Crippen MR) is 87.7 cm³/mol. The van der Waals surface area contributed by atoms with Gasteiger partial charge in [0, 0.05) is 33.3 Å². The summed E-state index contributed by atoms with van der Waals surface area (Å²) in [6.07, 6.45) is -0.125. The van der Waals surface area contributed by atoms with Crippen molar-refractivity contribution in [1.29, 1.82) is 0 Å². The first-order valence-corrected chi connectivity index (χ1v) is 9.57. The molecule has 2 aliphatic heterocycles. The fraction of sp³-hybridized carbons (Fsp3) is 1.00. The summed E-state index contributed by atoms with van der Waals surface area (Å²) in [5, 5.41) is 0. The van der Waals surface area contributed by atoms with Gasteiger partial charge in [-0.15, -0.1) is 0 Å². The Balaban J connectivity index is 1.96. The van der Waals surface area contributed by atoms with Crippen molar-refractivity contribution in [2.75, 3.05) is 80.9 Å². The molecule has 2 fully saturated rings. The molecule has 0 aromatic rings. The van der Waals surface area contributed by atoms with Crippen molar-refractivity contribution < 1.29 is 23.3 Å². The van der Waals surface area contributed by atoms with Gasteiger partial charge < -0.3 is 23.6 Å². The van der Waals surface area contributed by atoms with Crippen molar-refractivity contribution in [2.45, 2.75) is 12.2 Å². The lowest BCUT2D eigenvalue weighted by Crippen LogP contribution is -2.46. The molecular weight excluding hydrogens is 321 g/mol. The first kappa shape index (κ1) is 19.3. The third kappa shape index (κ3) is 5.21. The summed E-state index contributed by atoms with van der Waals surface area (Å²) in [4.78, 5) is 2.20. The van der Waals surface area contributed by atoms with E-state index < -0.39 is 7.67 Å². The highest BCUT2D eigenvalue weighted by molar-refractivity contribution is 7.53. The number of methoxy groups -OCH3 is 1. The molecule has 0 bridgehead atoms. The van der Waals surface area contributed by atoms with E-state index in [9.17, 15) is 4.57 Å². The van der Waals surface area contributed by atoms with E-state index in [-0.39, 0.29) is 12.2 Å². The second kappa shape index (κ2) is 8.87. The van der Waals surface area contributed by atoms with Crippen LogP contribution in [0.1, 0.15) is 0 Å². The lowest BCUT2D eigenvalue weighted by atomic mass is 10.3. The van der Waals surface area contributed by atoms with Crippen molar-refractivity contribution in [3.05, 3.63) is 0 Å². The summed E-state index contributed by atoms with van der Waals surface area (Å²) in [6, 6.07) is 0. The maximum Gasteiger partial charge on any atom is 0.345 e. The fourth-order valence-electron chi connectivity index (χ4n) is 2.82. The molecule has 2 aliphatic rings. The molecule has 23 heavy (non-hydrogen) atoms. The van der Waals surface area contributed by atoms with Crippen LogP contribution in [0.4, 0.5) is 0 Å². The van der Waals surface area contributed by atoms with Crippen LogP contribution in [-0.2, 0) is 23.3 Å². The van der Waals surface area contributed by atoms with Crippen LogP contribution in [0.5, 0.6) is 0 Å². The molecule has 9 heteroatoms. The maximum atomic E-state index is 13.4. The molecule has 3 unspecified atom stereocenters. The zero-order valence-corrected chi connectivity index (χ0v) is 15.5. The number of hydrogen-bond acceptors (Lipinski definition) is 6. The monoisotopic (exact) mass is 351 g/mol.